The van der Waals surface area contributed by atoms with Crippen molar-refractivity contribution in [2.45, 2.75) is 25.6 Å². The largest absolute Gasteiger partial charge is 0.492 e. The molecule has 4 nitrogen and oxygen atoms in total. The predicted molar refractivity (Wildman–Crippen MR) is 120 cm³/mol. The molecule has 2 aliphatic rings. The smallest absolute Gasteiger partial charge is 0.218 e. The van der Waals surface area contributed by atoms with Crippen LogP contribution in [0.25, 0.3) is 0 Å². The van der Waals surface area contributed by atoms with Crippen LogP contribution in [0.5, 0.6) is 11.5 Å². The van der Waals surface area contributed by atoms with E-state index in [1.54, 1.807) is 17.1 Å². The van der Waals surface area contributed by atoms with E-state index in [9.17, 15) is 4.39 Å². The number of rotatable bonds is 4. The third kappa shape index (κ3) is 3.52. The van der Waals surface area contributed by atoms with Gasteiger partial charge >= 0.3 is 0 Å². The predicted octanol–water partition coefficient (Wildman–Crippen LogP) is 6.77. The number of hydrogen-bond acceptors (Lipinski definition) is 4. The van der Waals surface area contributed by atoms with E-state index in [1.807, 2.05) is 49.4 Å². The first-order valence-corrected chi connectivity index (χ1v) is 10.8. The van der Waals surface area contributed by atoms with Crippen LogP contribution in [0.15, 0.2) is 65.8 Å². The van der Waals surface area contributed by atoms with Crippen LogP contribution in [-0.2, 0) is 0 Å². The highest BCUT2D eigenvalue weighted by atomic mass is 35.5. The van der Waals surface area contributed by atoms with Gasteiger partial charge in [0.25, 0.3) is 0 Å². The minimum Gasteiger partial charge on any atom is -0.492 e. The van der Waals surface area contributed by atoms with Gasteiger partial charge < -0.3 is 9.47 Å². The molecule has 0 radical (unpaired) electrons. The van der Waals surface area contributed by atoms with E-state index in [0.29, 0.717) is 34.6 Å². The van der Waals surface area contributed by atoms with Crippen LogP contribution in [0.4, 0.5) is 4.39 Å². The molecule has 0 spiro atoms. The summed E-state index contributed by atoms with van der Waals surface area (Å²) in [5.41, 5.74) is 3.01. The van der Waals surface area contributed by atoms with Gasteiger partial charge in [-0.15, -0.1) is 0 Å². The quantitative estimate of drug-likeness (QED) is 0.434. The van der Waals surface area contributed by atoms with Crippen molar-refractivity contribution in [2.24, 2.45) is 5.10 Å². The SMILES string of the molecule is CCOc1ccc(C2=NN3[C@@H](C2)c2ccccc2O[C@H]3c2c(F)cccc2Cl)cc1Cl. The minimum absolute atomic E-state index is 0.106. The van der Waals surface area contributed by atoms with Gasteiger partial charge in [-0.05, 0) is 48.9 Å². The lowest BCUT2D eigenvalue weighted by Crippen LogP contribution is -2.34. The van der Waals surface area contributed by atoms with Gasteiger partial charge in [0.2, 0.25) is 6.23 Å². The molecule has 0 saturated carbocycles. The molecular formula is C24H19Cl2FN2O2. The fraction of sp³-hybridized carbons (Fsp3) is 0.208. The Morgan fingerprint density at radius 3 is 2.71 bits per heavy atom. The fourth-order valence-corrected chi connectivity index (χ4v) is 4.59. The van der Waals surface area contributed by atoms with E-state index in [4.69, 9.17) is 37.8 Å². The van der Waals surface area contributed by atoms with Crippen molar-refractivity contribution in [3.05, 3.63) is 93.2 Å². The normalized spacial score (nSPS) is 19.4. The Hall–Kier alpha value is -2.76. The summed E-state index contributed by atoms with van der Waals surface area (Å²) >= 11 is 12.8. The molecule has 0 unspecified atom stereocenters. The van der Waals surface area contributed by atoms with Crippen LogP contribution >= 0.6 is 23.2 Å². The standard InChI is InChI=1S/C24H19Cl2FN2O2/c1-2-30-22-11-10-14(12-17(22)26)19-13-20-15-6-3-4-9-21(15)31-24(29(20)28-19)23-16(25)7-5-8-18(23)27/h3-12,20,24H,2,13H2,1H3/t20-,24-/m0/s1. The zero-order chi connectivity index (χ0) is 21.5. The highest BCUT2D eigenvalue weighted by Gasteiger charge is 2.42. The van der Waals surface area contributed by atoms with Gasteiger partial charge in [-0.2, -0.15) is 5.10 Å². The van der Waals surface area contributed by atoms with Gasteiger partial charge in [0, 0.05) is 12.0 Å². The summed E-state index contributed by atoms with van der Waals surface area (Å²) in [7, 11) is 0. The topological polar surface area (TPSA) is 34.1 Å². The molecule has 0 aromatic heterocycles. The molecule has 2 heterocycles. The van der Waals surface area contributed by atoms with E-state index in [1.165, 1.54) is 6.07 Å². The van der Waals surface area contributed by atoms with Crippen molar-refractivity contribution < 1.29 is 13.9 Å². The summed E-state index contributed by atoms with van der Waals surface area (Å²) in [6, 6.07) is 17.9. The molecule has 3 aromatic carbocycles. The number of hydrogen-bond donors (Lipinski definition) is 0. The lowest BCUT2D eigenvalue weighted by Gasteiger charge is -2.38. The van der Waals surface area contributed by atoms with Crippen molar-refractivity contribution >= 4 is 28.9 Å². The van der Waals surface area contributed by atoms with Gasteiger partial charge in [0.15, 0.2) is 0 Å². The van der Waals surface area contributed by atoms with E-state index < -0.39 is 12.0 Å². The van der Waals surface area contributed by atoms with E-state index in [-0.39, 0.29) is 11.6 Å². The summed E-state index contributed by atoms with van der Waals surface area (Å²) in [6.45, 7) is 2.45. The highest BCUT2D eigenvalue weighted by molar-refractivity contribution is 6.32. The number of benzene rings is 3. The number of para-hydroxylation sites is 1. The molecule has 5 rings (SSSR count). The molecule has 0 N–H and O–H groups in total. The minimum atomic E-state index is -0.774. The zero-order valence-electron chi connectivity index (χ0n) is 16.7. The van der Waals surface area contributed by atoms with Crippen LogP contribution in [0, 0.1) is 5.82 Å². The van der Waals surface area contributed by atoms with E-state index >= 15 is 0 Å². The Bertz CT molecular complexity index is 1160. The summed E-state index contributed by atoms with van der Waals surface area (Å²) in [4.78, 5) is 0. The second kappa shape index (κ2) is 8.06. The van der Waals surface area contributed by atoms with Crippen molar-refractivity contribution in [3.8, 4) is 11.5 Å². The van der Waals surface area contributed by atoms with Crippen LogP contribution in [0.2, 0.25) is 10.0 Å². The molecule has 2 atom stereocenters. The number of hydrazone groups is 1. The van der Waals surface area contributed by atoms with Crippen molar-refractivity contribution in [1.82, 2.24) is 5.01 Å². The summed E-state index contributed by atoms with van der Waals surface area (Å²) in [5, 5.41) is 7.46. The van der Waals surface area contributed by atoms with Gasteiger partial charge in [-0.3, -0.25) is 0 Å². The molecule has 0 bridgehead atoms. The maximum atomic E-state index is 14.8. The van der Waals surface area contributed by atoms with Crippen molar-refractivity contribution in [1.29, 1.82) is 0 Å². The first kappa shape index (κ1) is 20.2. The van der Waals surface area contributed by atoms with Crippen LogP contribution in [0.1, 0.15) is 42.3 Å². The van der Waals surface area contributed by atoms with Crippen LogP contribution in [-0.4, -0.2) is 17.3 Å². The van der Waals surface area contributed by atoms with Crippen LogP contribution in [0.3, 0.4) is 0 Å². The van der Waals surface area contributed by atoms with E-state index in [2.05, 4.69) is 0 Å². The number of fused-ring (bicyclic) bond motifs is 3. The first-order valence-electron chi connectivity index (χ1n) is 10.0. The Kier molecular flexibility index (Phi) is 5.24. The molecule has 31 heavy (non-hydrogen) atoms. The lowest BCUT2D eigenvalue weighted by atomic mass is 9.96. The molecule has 0 amide bonds. The number of nitrogens with zero attached hydrogens (tertiary/aromatic N) is 2. The second-order valence-electron chi connectivity index (χ2n) is 7.37. The summed E-state index contributed by atoms with van der Waals surface area (Å²) < 4.78 is 26.5. The van der Waals surface area contributed by atoms with E-state index in [0.717, 1.165) is 16.8 Å². The lowest BCUT2D eigenvalue weighted by molar-refractivity contribution is -0.0211. The van der Waals surface area contributed by atoms with Gasteiger partial charge in [0.1, 0.15) is 17.3 Å². The van der Waals surface area contributed by atoms with Crippen molar-refractivity contribution in [2.75, 3.05) is 6.61 Å². The Morgan fingerprint density at radius 2 is 1.94 bits per heavy atom. The van der Waals surface area contributed by atoms with Crippen molar-refractivity contribution in [3.63, 3.8) is 0 Å². The molecular weight excluding hydrogens is 438 g/mol. The molecule has 7 heteroatoms. The molecule has 0 fully saturated rings. The molecule has 0 aliphatic carbocycles. The average molecular weight is 457 g/mol. The Morgan fingerprint density at radius 1 is 1.10 bits per heavy atom. The highest BCUT2D eigenvalue weighted by Crippen LogP contribution is 2.49. The Labute approximate surface area is 189 Å². The monoisotopic (exact) mass is 456 g/mol. The maximum Gasteiger partial charge on any atom is 0.218 e. The van der Waals surface area contributed by atoms with Gasteiger partial charge in [-0.1, -0.05) is 47.5 Å². The number of halogens is 3. The maximum absolute atomic E-state index is 14.8. The molecule has 2 aliphatic heterocycles. The van der Waals surface area contributed by atoms with Crippen LogP contribution < -0.4 is 9.47 Å². The molecule has 158 valence electrons. The molecule has 3 aromatic rings. The second-order valence-corrected chi connectivity index (χ2v) is 8.18. The Balaban J connectivity index is 1.59. The first-order chi connectivity index (χ1) is 15.1. The number of ether oxygens (including phenoxy) is 2. The summed E-state index contributed by atoms with van der Waals surface area (Å²) in [5.74, 6) is 0.909. The summed E-state index contributed by atoms with van der Waals surface area (Å²) in [6.07, 6.45) is -0.142. The third-order valence-electron chi connectivity index (χ3n) is 5.51. The van der Waals surface area contributed by atoms with Gasteiger partial charge in [0.05, 0.1) is 34.0 Å². The van der Waals surface area contributed by atoms with Gasteiger partial charge in [-0.25, -0.2) is 9.40 Å². The molecule has 0 saturated heterocycles. The average Bonchev–Trinajstić information content (AvgIpc) is 3.21. The zero-order valence-corrected chi connectivity index (χ0v) is 18.2. The fourth-order valence-electron chi connectivity index (χ4n) is 4.10. The third-order valence-corrected chi connectivity index (χ3v) is 6.14.